The van der Waals surface area contributed by atoms with Gasteiger partial charge in [-0.2, -0.15) is 0 Å². The number of methoxy groups -OCH3 is 2. The molecule has 3 rings (SSSR count). The molecule has 150 valence electrons. The summed E-state index contributed by atoms with van der Waals surface area (Å²) in [6.45, 7) is 1.27. The quantitative estimate of drug-likeness (QED) is 0.638. The molecule has 1 heterocycles. The molecule has 0 unspecified atom stereocenters. The van der Waals surface area contributed by atoms with Gasteiger partial charge in [0.1, 0.15) is 17.1 Å². The maximum atomic E-state index is 12.2. The topological polar surface area (TPSA) is 104 Å². The molecular weight excluding hydrogens is 378 g/mol. The minimum atomic E-state index is -0.919. The van der Waals surface area contributed by atoms with E-state index in [4.69, 9.17) is 18.6 Å². The summed E-state index contributed by atoms with van der Waals surface area (Å²) in [6, 6.07) is 11.0. The van der Waals surface area contributed by atoms with Gasteiger partial charge in [-0.3, -0.25) is 9.59 Å². The third kappa shape index (κ3) is 4.55. The number of ether oxygens (including phenoxy) is 3. The highest BCUT2D eigenvalue weighted by Gasteiger charge is 2.16. The second-order valence-electron chi connectivity index (χ2n) is 6.17. The highest BCUT2D eigenvalue weighted by atomic mass is 16.5. The van der Waals surface area contributed by atoms with E-state index in [1.807, 2.05) is 6.92 Å². The van der Waals surface area contributed by atoms with E-state index in [1.54, 1.807) is 36.4 Å². The zero-order chi connectivity index (χ0) is 21.0. The summed E-state index contributed by atoms with van der Waals surface area (Å²) in [5.41, 5.74) is 1.15. The third-order valence-corrected chi connectivity index (χ3v) is 4.10. The van der Waals surface area contributed by atoms with Crippen LogP contribution in [-0.4, -0.2) is 32.7 Å². The van der Waals surface area contributed by atoms with Crippen molar-refractivity contribution >= 4 is 28.5 Å². The van der Waals surface area contributed by atoms with E-state index in [2.05, 4.69) is 5.32 Å². The molecule has 0 aliphatic heterocycles. The van der Waals surface area contributed by atoms with Crippen LogP contribution in [0.1, 0.15) is 16.1 Å². The SMILES string of the molecule is COc1ccc(OC)c(NC(=O)COC(=O)c2cc(=O)c3cc(C)ccc3o2)c1. The van der Waals surface area contributed by atoms with Gasteiger partial charge in [-0.05, 0) is 31.2 Å². The fourth-order valence-corrected chi connectivity index (χ4v) is 2.67. The number of nitrogens with one attached hydrogen (secondary N) is 1. The zero-order valence-corrected chi connectivity index (χ0v) is 16.1. The maximum absolute atomic E-state index is 12.2. The molecule has 1 amide bonds. The van der Waals surface area contributed by atoms with Gasteiger partial charge in [0.25, 0.3) is 5.91 Å². The van der Waals surface area contributed by atoms with Crippen molar-refractivity contribution in [1.29, 1.82) is 0 Å². The molecule has 2 aromatic carbocycles. The van der Waals surface area contributed by atoms with Gasteiger partial charge in [0.05, 0.1) is 25.3 Å². The van der Waals surface area contributed by atoms with Gasteiger partial charge in [0.15, 0.2) is 12.0 Å². The van der Waals surface area contributed by atoms with Crippen molar-refractivity contribution in [3.05, 3.63) is 64.0 Å². The minimum Gasteiger partial charge on any atom is -0.497 e. The zero-order valence-electron chi connectivity index (χ0n) is 16.1. The lowest BCUT2D eigenvalue weighted by atomic mass is 10.1. The van der Waals surface area contributed by atoms with Crippen molar-refractivity contribution in [2.75, 3.05) is 26.1 Å². The third-order valence-electron chi connectivity index (χ3n) is 4.10. The van der Waals surface area contributed by atoms with Crippen molar-refractivity contribution in [3.63, 3.8) is 0 Å². The number of carbonyl (C=O) groups excluding carboxylic acids is 2. The van der Waals surface area contributed by atoms with Gasteiger partial charge in [-0.15, -0.1) is 0 Å². The molecule has 0 aliphatic carbocycles. The average molecular weight is 397 g/mol. The number of anilines is 1. The largest absolute Gasteiger partial charge is 0.497 e. The number of benzene rings is 2. The van der Waals surface area contributed by atoms with E-state index in [0.717, 1.165) is 11.6 Å². The van der Waals surface area contributed by atoms with Crippen molar-refractivity contribution in [3.8, 4) is 11.5 Å². The first-order valence-corrected chi connectivity index (χ1v) is 8.65. The molecule has 0 saturated heterocycles. The summed E-state index contributed by atoms with van der Waals surface area (Å²) in [5, 5.41) is 2.94. The van der Waals surface area contributed by atoms with Gasteiger partial charge >= 0.3 is 5.97 Å². The molecule has 3 aromatic rings. The summed E-state index contributed by atoms with van der Waals surface area (Å²) in [4.78, 5) is 36.6. The number of rotatable bonds is 6. The van der Waals surface area contributed by atoms with E-state index in [0.29, 0.717) is 22.6 Å². The standard InChI is InChI=1S/C21H19NO7/c1-12-4-6-17-14(8-12)16(23)10-19(29-17)21(25)28-11-20(24)22-15-9-13(26-2)5-7-18(15)27-3/h4-10H,11H2,1-3H3,(H,22,24). The Morgan fingerprint density at radius 1 is 1.03 bits per heavy atom. The fourth-order valence-electron chi connectivity index (χ4n) is 2.67. The Morgan fingerprint density at radius 2 is 1.83 bits per heavy atom. The summed E-state index contributed by atoms with van der Waals surface area (Å²) in [7, 11) is 2.95. The van der Waals surface area contributed by atoms with Gasteiger partial charge in [-0.1, -0.05) is 11.6 Å². The van der Waals surface area contributed by atoms with Crippen molar-refractivity contribution in [1.82, 2.24) is 0 Å². The van der Waals surface area contributed by atoms with Gasteiger partial charge in [-0.25, -0.2) is 4.79 Å². The number of hydrogen-bond donors (Lipinski definition) is 1. The molecule has 0 radical (unpaired) electrons. The van der Waals surface area contributed by atoms with E-state index in [1.165, 1.54) is 14.2 Å². The molecule has 1 aromatic heterocycles. The fraction of sp³-hybridized carbons (Fsp3) is 0.190. The second-order valence-corrected chi connectivity index (χ2v) is 6.17. The van der Waals surface area contributed by atoms with Crippen LogP contribution in [0.5, 0.6) is 11.5 Å². The van der Waals surface area contributed by atoms with Crippen molar-refractivity contribution in [2.45, 2.75) is 6.92 Å². The predicted molar refractivity (Wildman–Crippen MR) is 106 cm³/mol. The lowest BCUT2D eigenvalue weighted by Crippen LogP contribution is -2.21. The number of carbonyl (C=O) groups is 2. The van der Waals surface area contributed by atoms with Crippen LogP contribution in [-0.2, 0) is 9.53 Å². The number of esters is 1. The van der Waals surface area contributed by atoms with Crippen molar-refractivity contribution < 1.29 is 28.2 Å². The monoisotopic (exact) mass is 397 g/mol. The molecule has 0 saturated carbocycles. The molecule has 0 aliphatic rings. The van der Waals surface area contributed by atoms with Crippen molar-refractivity contribution in [2.24, 2.45) is 0 Å². The van der Waals surface area contributed by atoms with Crippen LogP contribution in [0.4, 0.5) is 5.69 Å². The lowest BCUT2D eigenvalue weighted by molar-refractivity contribution is -0.119. The first-order valence-electron chi connectivity index (χ1n) is 8.65. The van der Waals surface area contributed by atoms with Crippen LogP contribution >= 0.6 is 0 Å². The van der Waals surface area contributed by atoms with Crippen LogP contribution in [0.25, 0.3) is 11.0 Å². The molecule has 29 heavy (non-hydrogen) atoms. The normalized spacial score (nSPS) is 10.4. The van der Waals surface area contributed by atoms with Crippen LogP contribution in [0.2, 0.25) is 0 Å². The Balaban J connectivity index is 1.69. The number of amides is 1. The summed E-state index contributed by atoms with van der Waals surface area (Å²) < 4.78 is 20.7. The maximum Gasteiger partial charge on any atom is 0.374 e. The summed E-state index contributed by atoms with van der Waals surface area (Å²) >= 11 is 0. The lowest BCUT2D eigenvalue weighted by Gasteiger charge is -2.12. The van der Waals surface area contributed by atoms with Gasteiger partial charge in [0, 0.05) is 12.1 Å². The summed E-state index contributed by atoms with van der Waals surface area (Å²) in [6.07, 6.45) is 0. The smallest absolute Gasteiger partial charge is 0.374 e. The predicted octanol–water partition coefficient (Wildman–Crippen LogP) is 2.91. The van der Waals surface area contributed by atoms with Crippen LogP contribution < -0.4 is 20.2 Å². The Hall–Kier alpha value is -3.81. The minimum absolute atomic E-state index is 0.264. The number of aryl methyl sites for hydroxylation is 1. The summed E-state index contributed by atoms with van der Waals surface area (Å²) in [5.74, 6) is -0.855. The van der Waals surface area contributed by atoms with Gasteiger partial charge in [0.2, 0.25) is 5.76 Å². The van der Waals surface area contributed by atoms with Crippen LogP contribution in [0, 0.1) is 6.92 Å². The van der Waals surface area contributed by atoms with E-state index in [-0.39, 0.29) is 16.8 Å². The van der Waals surface area contributed by atoms with Gasteiger partial charge < -0.3 is 23.9 Å². The molecule has 1 N–H and O–H groups in total. The van der Waals surface area contributed by atoms with E-state index < -0.39 is 18.5 Å². The van der Waals surface area contributed by atoms with Crippen LogP contribution in [0.3, 0.4) is 0 Å². The molecule has 8 heteroatoms. The molecule has 0 bridgehead atoms. The molecule has 8 nitrogen and oxygen atoms in total. The second kappa shape index (κ2) is 8.47. The Kier molecular flexibility index (Phi) is 5.82. The van der Waals surface area contributed by atoms with E-state index >= 15 is 0 Å². The first-order chi connectivity index (χ1) is 13.9. The molecule has 0 atom stereocenters. The average Bonchev–Trinajstić information content (AvgIpc) is 2.72. The highest BCUT2D eigenvalue weighted by Crippen LogP contribution is 2.28. The Labute approximate surface area is 166 Å². The number of fused-ring (bicyclic) bond motifs is 1. The number of hydrogen-bond acceptors (Lipinski definition) is 7. The highest BCUT2D eigenvalue weighted by molar-refractivity contribution is 5.96. The first kappa shape index (κ1) is 19.9. The van der Waals surface area contributed by atoms with Crippen LogP contribution in [0.15, 0.2) is 51.7 Å². The molecular formula is C21H19NO7. The Morgan fingerprint density at radius 3 is 2.55 bits per heavy atom. The Bertz CT molecular complexity index is 1130. The van der Waals surface area contributed by atoms with E-state index in [9.17, 15) is 14.4 Å². The molecule has 0 spiro atoms. The molecule has 0 fully saturated rings.